The fourth-order valence-electron chi connectivity index (χ4n) is 8.12. The number of carbonyl (C=O) groups excluding carboxylic acids is 3. The minimum atomic E-state index is -0.901. The molecule has 1 saturated carbocycles. The average Bonchev–Trinajstić information content (AvgIpc) is 3.25. The number of fused-ring (bicyclic) bond motifs is 1. The van der Waals surface area contributed by atoms with Crippen molar-refractivity contribution in [3.8, 4) is 17.6 Å². The molecule has 18 heteroatoms. The van der Waals surface area contributed by atoms with Crippen LogP contribution in [0, 0.1) is 22.2 Å². The van der Waals surface area contributed by atoms with E-state index in [1.807, 2.05) is 0 Å². The lowest BCUT2D eigenvalue weighted by Crippen LogP contribution is -2.74. The van der Waals surface area contributed by atoms with Crippen LogP contribution in [0.25, 0.3) is 10.9 Å². The van der Waals surface area contributed by atoms with Crippen LogP contribution in [0.4, 0.5) is 5.69 Å². The number of nitrogens with zero attached hydrogens (tertiary/aromatic N) is 4. The molecule has 6 rings (SSSR count). The lowest BCUT2D eigenvalue weighted by molar-refractivity contribution is -0.164. The smallest absolute Gasteiger partial charge is 0.280 e. The standard InChI is InChI=1S/C44H52ClN7O10/c1-43(2)41(44(3,4)42(43)62-31-13-10-29(27-46)32(45)26-31)49-38(54)28-8-11-30(12-9-28)61-25-24-60-23-22-59-21-20-58-19-18-57-17-16-47-33-6-5-7-34-37(33)40(56)52(51-50-34)35-14-15-36(53)48-39(35)55/h5-13,26,35,41-42,47H,14-25H2,1-4H3,(H,49,54)(H,48,53,55). The van der Waals surface area contributed by atoms with E-state index >= 15 is 0 Å². The Kier molecular flexibility index (Phi) is 15.5. The van der Waals surface area contributed by atoms with Crippen molar-refractivity contribution in [2.24, 2.45) is 10.8 Å². The normalized spacial score (nSPS) is 18.9. The third-order valence-corrected chi connectivity index (χ3v) is 11.3. The number of hydrogen-bond donors (Lipinski definition) is 3. The molecule has 2 aliphatic rings. The van der Waals surface area contributed by atoms with Crippen molar-refractivity contribution in [3.05, 3.63) is 87.2 Å². The van der Waals surface area contributed by atoms with Gasteiger partial charge >= 0.3 is 0 Å². The first-order chi connectivity index (χ1) is 29.8. The van der Waals surface area contributed by atoms with Crippen LogP contribution in [-0.4, -0.2) is 111 Å². The highest BCUT2D eigenvalue weighted by Gasteiger charge is 2.64. The maximum absolute atomic E-state index is 13.3. The number of hydrogen-bond acceptors (Lipinski definition) is 14. The van der Waals surface area contributed by atoms with Crippen LogP contribution in [-0.2, 0) is 28.5 Å². The lowest BCUT2D eigenvalue weighted by Gasteiger charge is -2.63. The minimum Gasteiger partial charge on any atom is -0.491 e. The predicted octanol–water partition coefficient (Wildman–Crippen LogP) is 4.46. The maximum Gasteiger partial charge on any atom is 0.280 e. The Balaban J connectivity index is 0.780. The third-order valence-electron chi connectivity index (χ3n) is 10.9. The van der Waals surface area contributed by atoms with E-state index in [4.69, 9.17) is 40.0 Å². The maximum atomic E-state index is 13.3. The van der Waals surface area contributed by atoms with Crippen molar-refractivity contribution in [1.82, 2.24) is 25.6 Å². The summed E-state index contributed by atoms with van der Waals surface area (Å²) in [5.41, 5.74) is 0.612. The van der Waals surface area contributed by atoms with E-state index in [0.717, 1.165) is 4.68 Å². The van der Waals surface area contributed by atoms with Gasteiger partial charge in [-0.1, -0.05) is 50.6 Å². The Morgan fingerprint density at radius 1 is 0.871 bits per heavy atom. The van der Waals surface area contributed by atoms with Crippen LogP contribution in [0.5, 0.6) is 11.5 Å². The molecule has 1 aliphatic heterocycles. The first-order valence-electron chi connectivity index (χ1n) is 20.5. The first kappa shape index (κ1) is 45.9. The summed E-state index contributed by atoms with van der Waals surface area (Å²) in [6, 6.07) is 18.2. The molecule has 3 amide bonds. The van der Waals surface area contributed by atoms with Crippen LogP contribution in [0.3, 0.4) is 0 Å². The van der Waals surface area contributed by atoms with Crippen LogP contribution in [0.1, 0.15) is 62.5 Å². The first-order valence-corrected chi connectivity index (χ1v) is 20.9. The number of piperidine rings is 1. The molecule has 1 atom stereocenters. The van der Waals surface area contributed by atoms with E-state index in [9.17, 15) is 24.4 Å². The van der Waals surface area contributed by atoms with Crippen molar-refractivity contribution in [2.75, 3.05) is 71.3 Å². The van der Waals surface area contributed by atoms with Gasteiger partial charge in [-0.2, -0.15) is 9.94 Å². The summed E-state index contributed by atoms with van der Waals surface area (Å²) in [6.07, 6.45) is 0.0951. The molecule has 2 fully saturated rings. The van der Waals surface area contributed by atoms with E-state index in [-0.39, 0.29) is 47.6 Å². The molecule has 4 aromatic rings. The van der Waals surface area contributed by atoms with Gasteiger partial charge in [-0.3, -0.25) is 24.5 Å². The summed E-state index contributed by atoms with van der Waals surface area (Å²) in [5, 5.41) is 26.5. The van der Waals surface area contributed by atoms with Crippen molar-refractivity contribution in [2.45, 2.75) is 58.7 Å². The van der Waals surface area contributed by atoms with Gasteiger partial charge in [0.1, 0.15) is 41.8 Å². The molecule has 0 spiro atoms. The van der Waals surface area contributed by atoms with Gasteiger partial charge in [-0.05, 0) is 55.0 Å². The number of amides is 3. The number of anilines is 1. The third kappa shape index (κ3) is 11.0. The quantitative estimate of drug-likeness (QED) is 0.0735. The Morgan fingerprint density at radius 2 is 1.50 bits per heavy atom. The lowest BCUT2D eigenvalue weighted by atomic mass is 9.49. The molecule has 2 heterocycles. The number of benzene rings is 3. The molecule has 0 radical (unpaired) electrons. The molecular formula is C44H52ClN7O10. The second-order valence-corrected chi connectivity index (χ2v) is 16.5. The Morgan fingerprint density at radius 3 is 2.13 bits per heavy atom. The Labute approximate surface area is 364 Å². The summed E-state index contributed by atoms with van der Waals surface area (Å²) in [4.78, 5) is 50.4. The average molecular weight is 874 g/mol. The highest BCUT2D eigenvalue weighted by molar-refractivity contribution is 6.31. The number of imide groups is 1. The largest absolute Gasteiger partial charge is 0.491 e. The summed E-state index contributed by atoms with van der Waals surface area (Å²) < 4.78 is 35.5. The van der Waals surface area contributed by atoms with Crippen molar-refractivity contribution in [3.63, 3.8) is 0 Å². The molecule has 3 aromatic carbocycles. The highest BCUT2D eigenvalue weighted by atomic mass is 35.5. The van der Waals surface area contributed by atoms with Gasteiger partial charge in [0.15, 0.2) is 0 Å². The van der Waals surface area contributed by atoms with Gasteiger partial charge in [0.05, 0.1) is 68.8 Å². The van der Waals surface area contributed by atoms with E-state index in [1.54, 1.807) is 60.7 Å². The van der Waals surface area contributed by atoms with E-state index in [1.165, 1.54) is 0 Å². The SMILES string of the molecule is CC1(C)C(NC(=O)c2ccc(OCCOCCOCCOCCOCCNc3cccc4nnn(C5CCC(=O)NC5=O)c(=O)c34)cc2)C(C)(C)C1Oc1ccc(C#N)c(Cl)c1. The number of nitrogens with one attached hydrogen (secondary N) is 3. The number of nitriles is 1. The predicted molar refractivity (Wildman–Crippen MR) is 228 cm³/mol. The molecule has 1 saturated heterocycles. The summed E-state index contributed by atoms with van der Waals surface area (Å²) in [5.74, 6) is 0.0653. The molecule has 1 aromatic heterocycles. The topological polar surface area (TPSA) is 214 Å². The summed E-state index contributed by atoms with van der Waals surface area (Å²) >= 11 is 6.21. The minimum absolute atomic E-state index is 0.119. The van der Waals surface area contributed by atoms with Crippen molar-refractivity contribution in [1.29, 1.82) is 5.26 Å². The summed E-state index contributed by atoms with van der Waals surface area (Å²) in [6.45, 7) is 12.1. The Bertz CT molecular complexity index is 2300. The van der Waals surface area contributed by atoms with Gasteiger partial charge in [-0.15, -0.1) is 5.10 Å². The molecule has 1 unspecified atom stereocenters. The molecule has 3 N–H and O–H groups in total. The van der Waals surface area contributed by atoms with Gasteiger partial charge in [0, 0.05) is 47.2 Å². The van der Waals surface area contributed by atoms with Gasteiger partial charge in [0.2, 0.25) is 5.91 Å². The number of ether oxygens (including phenoxy) is 6. The fourth-order valence-corrected chi connectivity index (χ4v) is 8.33. The van der Waals surface area contributed by atoms with Gasteiger partial charge in [-0.25, -0.2) is 0 Å². The van der Waals surface area contributed by atoms with E-state index in [0.29, 0.717) is 110 Å². The molecule has 0 bridgehead atoms. The zero-order valence-electron chi connectivity index (χ0n) is 35.2. The molecule has 17 nitrogen and oxygen atoms in total. The number of aromatic nitrogens is 3. The zero-order valence-corrected chi connectivity index (χ0v) is 36.0. The zero-order chi connectivity index (χ0) is 44.3. The van der Waals surface area contributed by atoms with Crippen LogP contribution < -0.4 is 31.0 Å². The molecular weight excluding hydrogens is 822 g/mol. The highest BCUT2D eigenvalue weighted by Crippen LogP contribution is 2.55. The number of rotatable bonds is 22. The molecule has 330 valence electrons. The van der Waals surface area contributed by atoms with Crippen LogP contribution in [0.2, 0.25) is 5.02 Å². The summed E-state index contributed by atoms with van der Waals surface area (Å²) in [7, 11) is 0. The molecule has 1 aliphatic carbocycles. The van der Waals surface area contributed by atoms with Crippen molar-refractivity contribution < 1.29 is 42.8 Å². The van der Waals surface area contributed by atoms with Gasteiger partial charge < -0.3 is 39.1 Å². The second-order valence-electron chi connectivity index (χ2n) is 16.1. The van der Waals surface area contributed by atoms with E-state index in [2.05, 4.69) is 60.0 Å². The molecule has 62 heavy (non-hydrogen) atoms. The van der Waals surface area contributed by atoms with Crippen LogP contribution in [0.15, 0.2) is 65.5 Å². The number of halogens is 1. The van der Waals surface area contributed by atoms with E-state index < -0.39 is 17.5 Å². The monoisotopic (exact) mass is 873 g/mol. The fraction of sp³-hybridized carbons (Fsp3) is 0.477. The van der Waals surface area contributed by atoms with Gasteiger partial charge in [0.25, 0.3) is 17.4 Å². The Hall–Kier alpha value is -5.64. The second kappa shape index (κ2) is 21.0. The van der Waals surface area contributed by atoms with Crippen LogP contribution >= 0.6 is 11.6 Å². The van der Waals surface area contributed by atoms with Crippen molar-refractivity contribution >= 4 is 45.9 Å². The number of carbonyl (C=O) groups is 3.